The zero-order valence-electron chi connectivity index (χ0n) is 89.0. The molecule has 22 nitrogen and oxygen atoms in total. The monoisotopic (exact) mass is 2670 g/mol. The van der Waals surface area contributed by atoms with Gasteiger partial charge in [0.25, 0.3) is 0 Å². The average Bonchev–Trinajstić information content (AvgIpc) is 1.65. The van der Waals surface area contributed by atoms with Gasteiger partial charge in [0.15, 0.2) is 9.47 Å². The van der Waals surface area contributed by atoms with Crippen molar-refractivity contribution in [2.24, 2.45) is 0 Å². The minimum atomic E-state index is 0.114. The fraction of sp³-hybridized carbons (Fsp3) is 0.607. The lowest BCUT2D eigenvalue weighted by molar-refractivity contribution is 0.556. The smallest absolute Gasteiger partial charge is 0.197 e. The molecule has 11 fully saturated rings. The summed E-state index contributed by atoms with van der Waals surface area (Å²) in [5, 5.41) is 33.4. The number of nitrogens with zero attached hydrogens (tertiary/aromatic N) is 22. The molecule has 11 aromatic rings. The van der Waals surface area contributed by atoms with E-state index in [0.717, 1.165) is 139 Å². The van der Waals surface area contributed by atoms with E-state index in [2.05, 4.69) is 476 Å². The van der Waals surface area contributed by atoms with Gasteiger partial charge in [0.1, 0.15) is 48.5 Å². The molecule has 782 valence electrons. The Morgan fingerprint density at radius 3 is 1.26 bits per heavy atom. The summed E-state index contributed by atoms with van der Waals surface area (Å²) in [4.78, 5) is 61.4. The highest BCUT2D eigenvalue weighted by molar-refractivity contribution is 9.12. The van der Waals surface area contributed by atoms with E-state index in [0.29, 0.717) is 99.4 Å². The van der Waals surface area contributed by atoms with Gasteiger partial charge in [-0.05, 0) is 440 Å². The first-order chi connectivity index (χ1) is 68.6. The Bertz CT molecular complexity index is 5670. The normalized spacial score (nSPS) is 16.7. The summed E-state index contributed by atoms with van der Waals surface area (Å²) in [6, 6.07) is 10.6. The van der Waals surface area contributed by atoms with Gasteiger partial charge in [-0.3, -0.25) is 0 Å². The Balaban J connectivity index is 0.000000142. The van der Waals surface area contributed by atoms with Crippen LogP contribution in [0.25, 0.3) is 0 Å². The molecule has 33 heteroatoms. The number of halogens is 11. The molecule has 145 heavy (non-hydrogen) atoms. The van der Waals surface area contributed by atoms with E-state index in [4.69, 9.17) is 0 Å². The predicted molar refractivity (Wildman–Crippen MR) is 623 cm³/mol. The summed E-state index contributed by atoms with van der Waals surface area (Å²) in [5.41, 5.74) is 22.9. The SMILES string of the molecule is CC(C)(C)c1nc(Br)ncc1C1CC1.CC(C)(C)c1ncnc(Br)c1C1CC1.CC(C)c1cc(Br)c(C2CC2)nn1.CC(C)c1cc(Br)nc(C2CC2)n1.CC(C)c1cc(C2CC2)c(Br)nn1.CC(C)c1cc(C2CC2)nc(Br)n1.CC(C)c1nc(C2CC2)ncc1Br.CC(C)c1ncc(C2CC2)c(Br)n1.CC(C)c1ncnc(C2CC2)c1Br.CC(C)c1nnc(C2CC2)cc1Br.CC(C)c1nncc(C2CC2)c1Br. The van der Waals surface area contributed by atoms with E-state index >= 15 is 0 Å². The van der Waals surface area contributed by atoms with Crippen LogP contribution in [0.5, 0.6) is 0 Å². The second kappa shape index (κ2) is 54.3. The van der Waals surface area contributed by atoms with Crippen LogP contribution in [0, 0.1) is 0 Å². The number of hydrogen-bond acceptors (Lipinski definition) is 22. The van der Waals surface area contributed by atoms with Crippen molar-refractivity contribution in [2.45, 2.75) is 437 Å². The third-order valence-corrected chi connectivity index (χ3v) is 32.7. The van der Waals surface area contributed by atoms with Gasteiger partial charge >= 0.3 is 0 Å². The lowest BCUT2D eigenvalue weighted by atomic mass is 9.87. The topological polar surface area (TPSA) is 284 Å². The van der Waals surface area contributed by atoms with Crippen LogP contribution in [0.1, 0.15) is 551 Å². The van der Waals surface area contributed by atoms with E-state index in [9.17, 15) is 0 Å². The highest BCUT2D eigenvalue weighted by Gasteiger charge is 2.38. The molecule has 0 aromatic carbocycles. The average molecular weight is 2680 g/mol. The van der Waals surface area contributed by atoms with Crippen LogP contribution in [0.2, 0.25) is 0 Å². The van der Waals surface area contributed by atoms with E-state index < -0.39 is 0 Å². The zero-order valence-corrected chi connectivity index (χ0v) is 106. The van der Waals surface area contributed by atoms with E-state index in [1.807, 2.05) is 30.9 Å². The fourth-order valence-electron chi connectivity index (χ4n) is 15.6. The van der Waals surface area contributed by atoms with Crippen LogP contribution in [0.4, 0.5) is 0 Å². The van der Waals surface area contributed by atoms with Gasteiger partial charge in [-0.25, -0.2) is 69.8 Å². The summed E-state index contributed by atoms with van der Waals surface area (Å²) in [7, 11) is 0. The molecule has 0 atom stereocenters. The molecule has 0 saturated heterocycles. The fourth-order valence-corrected chi connectivity index (χ4v) is 22.4. The Kier molecular flexibility index (Phi) is 44.5. The first-order valence-corrected chi connectivity index (χ1v) is 61.1. The van der Waals surface area contributed by atoms with Gasteiger partial charge in [0, 0.05) is 112 Å². The van der Waals surface area contributed by atoms with Crippen molar-refractivity contribution < 1.29 is 0 Å². The maximum Gasteiger partial charge on any atom is 0.197 e. The van der Waals surface area contributed by atoms with Crippen LogP contribution < -0.4 is 0 Å². The van der Waals surface area contributed by atoms with Gasteiger partial charge in [-0.15, -0.1) is 5.10 Å². The minimum absolute atomic E-state index is 0.114. The van der Waals surface area contributed by atoms with Crippen molar-refractivity contribution in [3.63, 3.8) is 0 Å². The summed E-state index contributed by atoms with van der Waals surface area (Å²) < 4.78 is 10.9. The first kappa shape index (κ1) is 119. The molecule has 0 aliphatic heterocycles. The predicted octanol–water partition coefficient (Wildman–Crippen LogP) is 36.0. The first-order valence-electron chi connectivity index (χ1n) is 52.4. The number of hydrogen-bond donors (Lipinski definition) is 0. The Morgan fingerprint density at radius 2 is 0.745 bits per heavy atom. The largest absolute Gasteiger partial charge is 0.241 e. The molecule has 0 spiro atoms. The highest BCUT2D eigenvalue weighted by atomic mass is 79.9. The second-order valence-corrected chi connectivity index (χ2v) is 53.8. The number of rotatable bonds is 20. The molecule has 11 aromatic heterocycles. The van der Waals surface area contributed by atoms with Crippen LogP contribution in [0.3, 0.4) is 0 Å². The molecular formula is C112H147Br11N22. The van der Waals surface area contributed by atoms with Crippen LogP contribution in [0.15, 0.2) is 118 Å². The Morgan fingerprint density at radius 1 is 0.255 bits per heavy atom. The third kappa shape index (κ3) is 37.5. The maximum atomic E-state index is 4.58. The van der Waals surface area contributed by atoms with E-state index in [1.54, 1.807) is 12.7 Å². The van der Waals surface area contributed by atoms with Crippen LogP contribution in [-0.2, 0) is 10.8 Å². The van der Waals surface area contributed by atoms with Crippen molar-refractivity contribution in [1.29, 1.82) is 0 Å². The van der Waals surface area contributed by atoms with E-state index in [-0.39, 0.29) is 10.8 Å². The van der Waals surface area contributed by atoms with Crippen molar-refractivity contribution in [3.8, 4) is 0 Å². The molecule has 0 bridgehead atoms. The molecule has 11 heterocycles. The van der Waals surface area contributed by atoms with Crippen molar-refractivity contribution in [2.75, 3.05) is 0 Å². The molecule has 0 amide bonds. The quantitative estimate of drug-likeness (QED) is 0.0506. The zero-order chi connectivity index (χ0) is 105. The van der Waals surface area contributed by atoms with Gasteiger partial charge in [0.2, 0.25) is 0 Å². The molecular weight excluding hydrogens is 2530 g/mol. The summed E-state index contributed by atoms with van der Waals surface area (Å²) in [5.74, 6) is 14.7. The summed E-state index contributed by atoms with van der Waals surface area (Å²) in [6.07, 6.45) is 39.4. The molecule has 0 unspecified atom stereocenters. The Hall–Kier alpha value is -4.84. The summed E-state index contributed by atoms with van der Waals surface area (Å²) in [6.45, 7) is 51.8. The van der Waals surface area contributed by atoms with Crippen molar-refractivity contribution in [1.82, 2.24) is 111 Å². The number of aromatic nitrogens is 22. The molecule has 0 N–H and O–H groups in total. The molecule has 22 rings (SSSR count). The van der Waals surface area contributed by atoms with Crippen LogP contribution >= 0.6 is 175 Å². The Labute approximate surface area is 955 Å². The minimum Gasteiger partial charge on any atom is -0.241 e. The second-order valence-electron chi connectivity index (χ2n) is 45.2. The molecule has 11 aliphatic carbocycles. The van der Waals surface area contributed by atoms with Gasteiger partial charge in [-0.2, -0.15) is 35.7 Å². The lowest BCUT2D eigenvalue weighted by Crippen LogP contribution is -2.17. The van der Waals surface area contributed by atoms with Gasteiger partial charge in [-0.1, -0.05) is 166 Å². The highest BCUT2D eigenvalue weighted by Crippen LogP contribution is 2.52. The third-order valence-electron chi connectivity index (χ3n) is 26.1. The summed E-state index contributed by atoms with van der Waals surface area (Å²) >= 11 is 38.4. The molecule has 0 radical (unpaired) electrons. The van der Waals surface area contributed by atoms with E-state index in [1.165, 1.54) is 196 Å². The molecule has 11 aliphatic rings. The molecule has 11 saturated carbocycles. The van der Waals surface area contributed by atoms with Crippen LogP contribution in [-0.4, -0.2) is 111 Å². The van der Waals surface area contributed by atoms with Crippen molar-refractivity contribution in [3.05, 3.63) is 243 Å². The lowest BCUT2D eigenvalue weighted by Gasteiger charge is -2.21. The standard InChI is InChI=1S/2C11H15BrN2.9C10H13BrN2/c1-11(2,3)9-8(7-4-5-7)10(12)14-6-13-9;1-11(2,3)9-8(7-4-5-7)6-13-10(12)14-9;1-6(2)9-8(11)10(7-3-4-7)13-5-12-9;1-6(2)9-8(11)5-12-10(13-9)7-3-4-7;1-6(2)10-8(11)5-9(12-13-10)7-3-4-7;1-6(2)9-5-8(11)10(13-12-9)7-3-4-7;1-6(2)10-12-5-8(7-3-4-7)9(11)13-10;1-6(2)10-9(11)8(5-12-13-10)7-3-4-7;1-6(2)9-5-8(7-3-4-7)10(11)13-12-9;1-6(2)8-5-9(11)13-10(12-8)7-3-4-7;1-6(2)8-5-9(7-3-4-7)13-10(11)12-8/h2*6-7H,4-5H2,1-3H3;9*5-7H,3-4H2,1-2H3. The van der Waals surface area contributed by atoms with Crippen molar-refractivity contribution >= 4 is 175 Å². The van der Waals surface area contributed by atoms with Gasteiger partial charge < -0.3 is 0 Å². The maximum absolute atomic E-state index is 4.58. The van der Waals surface area contributed by atoms with Gasteiger partial charge in [0.05, 0.1) is 77.8 Å².